The first-order valence-corrected chi connectivity index (χ1v) is 8.35. The topological polar surface area (TPSA) is 104 Å². The van der Waals surface area contributed by atoms with Gasteiger partial charge in [0.2, 0.25) is 0 Å². The minimum absolute atomic E-state index is 0.200. The molecule has 0 unspecified atom stereocenters. The molecule has 2 heterocycles. The van der Waals surface area contributed by atoms with E-state index in [1.54, 1.807) is 18.2 Å². The predicted octanol–water partition coefficient (Wildman–Crippen LogP) is 1.20. The molecule has 1 amide bonds. The van der Waals surface area contributed by atoms with Crippen LogP contribution in [-0.4, -0.2) is 29.0 Å². The fraction of sp³-hybridized carbons (Fsp3) is 0.211. The smallest absolute Gasteiger partial charge is 0.314 e. The Labute approximate surface area is 148 Å². The van der Waals surface area contributed by atoms with Gasteiger partial charge >= 0.3 is 11.1 Å². The van der Waals surface area contributed by atoms with Crippen molar-refractivity contribution < 1.29 is 9.53 Å². The number of H-pyrrole nitrogens is 2. The van der Waals surface area contributed by atoms with Crippen LogP contribution in [0, 0.1) is 5.92 Å². The molecule has 1 aromatic heterocycles. The molecule has 2 aromatic carbocycles. The van der Waals surface area contributed by atoms with Crippen LogP contribution in [0.25, 0.3) is 11.0 Å². The van der Waals surface area contributed by atoms with Crippen LogP contribution in [0.1, 0.15) is 15.9 Å². The number of hydrogen-bond donors (Lipinski definition) is 3. The maximum absolute atomic E-state index is 12.4. The molecule has 0 fully saturated rings. The number of aromatic nitrogens is 2. The minimum Gasteiger partial charge on any atom is -0.493 e. The van der Waals surface area contributed by atoms with E-state index in [0.717, 1.165) is 17.7 Å². The number of rotatable bonds is 3. The molecule has 0 spiro atoms. The van der Waals surface area contributed by atoms with E-state index in [4.69, 9.17) is 4.74 Å². The van der Waals surface area contributed by atoms with Crippen LogP contribution in [-0.2, 0) is 6.42 Å². The van der Waals surface area contributed by atoms with Crippen LogP contribution in [0.5, 0.6) is 5.75 Å². The van der Waals surface area contributed by atoms with E-state index in [-0.39, 0.29) is 11.8 Å². The Bertz CT molecular complexity index is 1100. The Balaban J connectivity index is 1.45. The molecule has 7 nitrogen and oxygen atoms in total. The molecule has 26 heavy (non-hydrogen) atoms. The lowest BCUT2D eigenvalue weighted by Gasteiger charge is -2.25. The van der Waals surface area contributed by atoms with Crippen molar-refractivity contribution in [2.75, 3.05) is 13.2 Å². The van der Waals surface area contributed by atoms with Crippen molar-refractivity contribution in [1.82, 2.24) is 15.3 Å². The summed E-state index contributed by atoms with van der Waals surface area (Å²) in [6.45, 7) is 1.05. The molecule has 1 aliphatic rings. The molecule has 132 valence electrons. The molecule has 3 aromatic rings. The molecule has 1 atom stereocenters. The lowest BCUT2D eigenvalue weighted by molar-refractivity contribution is 0.0939. The second-order valence-electron chi connectivity index (χ2n) is 6.37. The van der Waals surface area contributed by atoms with Crippen molar-refractivity contribution in [3.8, 4) is 5.75 Å². The normalized spacial score (nSPS) is 15.9. The molecule has 1 aliphatic heterocycles. The summed E-state index contributed by atoms with van der Waals surface area (Å²) >= 11 is 0. The molecule has 3 N–H and O–H groups in total. The van der Waals surface area contributed by atoms with E-state index < -0.39 is 11.1 Å². The average Bonchev–Trinajstić information content (AvgIpc) is 2.66. The highest BCUT2D eigenvalue weighted by atomic mass is 16.5. The zero-order valence-corrected chi connectivity index (χ0v) is 13.9. The molecule has 4 rings (SSSR count). The van der Waals surface area contributed by atoms with Gasteiger partial charge < -0.3 is 20.0 Å². The van der Waals surface area contributed by atoms with E-state index in [1.807, 2.05) is 24.3 Å². The lowest BCUT2D eigenvalue weighted by atomic mass is 9.96. The van der Waals surface area contributed by atoms with E-state index in [0.29, 0.717) is 29.7 Å². The Hall–Kier alpha value is -3.35. The molecular weight excluding hydrogens is 334 g/mol. The van der Waals surface area contributed by atoms with Gasteiger partial charge in [0.15, 0.2) is 0 Å². The second kappa shape index (κ2) is 6.51. The molecule has 0 aliphatic carbocycles. The standard InChI is InChI=1S/C19H17N3O4/c23-17(13-5-6-14-15(8-13)22-19(25)18(24)21-14)20-9-11-7-12-3-1-2-4-16(12)26-10-11/h1-6,8,11H,7,9-10H2,(H,20,23)(H,21,24)(H,22,25)/t11-/m1/s1. The largest absolute Gasteiger partial charge is 0.493 e. The molecular formula is C19H17N3O4. The van der Waals surface area contributed by atoms with Gasteiger partial charge in [-0.1, -0.05) is 18.2 Å². The Morgan fingerprint density at radius 2 is 1.85 bits per heavy atom. The van der Waals surface area contributed by atoms with Crippen LogP contribution in [0.4, 0.5) is 0 Å². The molecule has 7 heteroatoms. The summed E-state index contributed by atoms with van der Waals surface area (Å²) in [6, 6.07) is 12.7. The summed E-state index contributed by atoms with van der Waals surface area (Å²) < 4.78 is 5.73. The predicted molar refractivity (Wildman–Crippen MR) is 96.7 cm³/mol. The first kappa shape index (κ1) is 16.1. The lowest BCUT2D eigenvalue weighted by Crippen LogP contribution is -2.35. The van der Waals surface area contributed by atoms with Crippen LogP contribution in [0.3, 0.4) is 0 Å². The van der Waals surface area contributed by atoms with Gasteiger partial charge in [0.25, 0.3) is 5.91 Å². The third-order valence-electron chi connectivity index (χ3n) is 4.49. The first-order valence-electron chi connectivity index (χ1n) is 8.35. The number of ether oxygens (including phenoxy) is 1. The zero-order chi connectivity index (χ0) is 18.1. The van der Waals surface area contributed by atoms with Crippen molar-refractivity contribution in [1.29, 1.82) is 0 Å². The van der Waals surface area contributed by atoms with Gasteiger partial charge in [0, 0.05) is 18.0 Å². The number of carbonyl (C=O) groups excluding carboxylic acids is 1. The van der Waals surface area contributed by atoms with Crippen molar-refractivity contribution in [3.63, 3.8) is 0 Å². The van der Waals surface area contributed by atoms with E-state index >= 15 is 0 Å². The van der Waals surface area contributed by atoms with Crippen LogP contribution in [0.15, 0.2) is 52.1 Å². The van der Waals surface area contributed by atoms with Gasteiger partial charge in [-0.25, -0.2) is 0 Å². The van der Waals surface area contributed by atoms with Gasteiger partial charge in [-0.3, -0.25) is 14.4 Å². The van der Waals surface area contributed by atoms with Crippen molar-refractivity contribution >= 4 is 16.9 Å². The summed E-state index contributed by atoms with van der Waals surface area (Å²) in [5, 5.41) is 2.91. The van der Waals surface area contributed by atoms with Crippen molar-refractivity contribution in [3.05, 3.63) is 74.3 Å². The quantitative estimate of drug-likeness (QED) is 0.617. The summed E-state index contributed by atoms with van der Waals surface area (Å²) in [7, 11) is 0. The van der Waals surface area contributed by atoms with Crippen LogP contribution in [0.2, 0.25) is 0 Å². The Kier molecular flexibility index (Phi) is 4.04. The minimum atomic E-state index is -0.743. The number of fused-ring (bicyclic) bond motifs is 2. The highest BCUT2D eigenvalue weighted by molar-refractivity contribution is 5.97. The number of nitrogens with one attached hydrogen (secondary N) is 3. The fourth-order valence-corrected chi connectivity index (χ4v) is 3.12. The van der Waals surface area contributed by atoms with Gasteiger partial charge in [-0.05, 0) is 36.2 Å². The molecule has 0 radical (unpaired) electrons. The molecule has 0 saturated carbocycles. The first-order chi connectivity index (χ1) is 12.6. The highest BCUT2D eigenvalue weighted by Crippen LogP contribution is 2.26. The average molecular weight is 351 g/mol. The number of para-hydroxylation sites is 1. The van der Waals surface area contributed by atoms with Crippen LogP contribution < -0.4 is 21.2 Å². The van der Waals surface area contributed by atoms with E-state index in [2.05, 4.69) is 15.3 Å². The number of carbonyl (C=O) groups is 1. The van der Waals surface area contributed by atoms with E-state index in [1.165, 1.54) is 0 Å². The third-order valence-corrected chi connectivity index (χ3v) is 4.49. The highest BCUT2D eigenvalue weighted by Gasteiger charge is 2.20. The van der Waals surface area contributed by atoms with Gasteiger partial charge in [-0.2, -0.15) is 0 Å². The summed E-state index contributed by atoms with van der Waals surface area (Å²) in [4.78, 5) is 40.1. The number of amides is 1. The van der Waals surface area contributed by atoms with Crippen molar-refractivity contribution in [2.24, 2.45) is 5.92 Å². The zero-order valence-electron chi connectivity index (χ0n) is 13.9. The van der Waals surface area contributed by atoms with E-state index in [9.17, 15) is 14.4 Å². The Morgan fingerprint density at radius 3 is 2.69 bits per heavy atom. The molecule has 0 saturated heterocycles. The SMILES string of the molecule is O=C(NC[C@@H]1COc2ccccc2C1)c1ccc2[nH]c(=O)c(=O)[nH]c2c1. The van der Waals surface area contributed by atoms with Gasteiger partial charge in [0.1, 0.15) is 5.75 Å². The summed E-state index contributed by atoms with van der Waals surface area (Å²) in [5.41, 5.74) is 0.989. The summed E-state index contributed by atoms with van der Waals surface area (Å²) in [5.74, 6) is 0.867. The third kappa shape index (κ3) is 3.11. The van der Waals surface area contributed by atoms with Crippen LogP contribution >= 0.6 is 0 Å². The van der Waals surface area contributed by atoms with Crippen molar-refractivity contribution in [2.45, 2.75) is 6.42 Å². The summed E-state index contributed by atoms with van der Waals surface area (Å²) in [6.07, 6.45) is 0.850. The molecule has 0 bridgehead atoms. The Morgan fingerprint density at radius 1 is 1.08 bits per heavy atom. The number of aromatic amines is 2. The van der Waals surface area contributed by atoms with Gasteiger partial charge in [0.05, 0.1) is 17.6 Å². The maximum Gasteiger partial charge on any atom is 0.314 e. The fourth-order valence-electron chi connectivity index (χ4n) is 3.12. The number of hydrogen-bond acceptors (Lipinski definition) is 4. The number of benzene rings is 2. The second-order valence-corrected chi connectivity index (χ2v) is 6.37. The van der Waals surface area contributed by atoms with Gasteiger partial charge in [-0.15, -0.1) is 0 Å². The maximum atomic E-state index is 12.4. The monoisotopic (exact) mass is 351 g/mol.